The van der Waals surface area contributed by atoms with E-state index in [2.05, 4.69) is 0 Å². The zero-order valence-electron chi connectivity index (χ0n) is 11.3. The van der Waals surface area contributed by atoms with Crippen molar-refractivity contribution in [3.63, 3.8) is 0 Å². The van der Waals surface area contributed by atoms with E-state index < -0.39 is 15.8 Å². The van der Waals surface area contributed by atoms with Crippen LogP contribution in [0.15, 0.2) is 53.4 Å². The Hall–Kier alpha value is -2.34. The first-order valence-corrected chi connectivity index (χ1v) is 8.00. The summed E-state index contributed by atoms with van der Waals surface area (Å²) < 4.78 is 28.4. The lowest BCUT2D eigenvalue weighted by molar-refractivity contribution is 0.0697. The van der Waals surface area contributed by atoms with Gasteiger partial charge in [-0.25, -0.2) is 13.2 Å². The highest BCUT2D eigenvalue weighted by atomic mass is 32.2. The molecule has 2 aromatic carbocycles. The van der Waals surface area contributed by atoms with Crippen molar-refractivity contribution >= 4 is 15.8 Å². The molecule has 6 heteroatoms. The van der Waals surface area contributed by atoms with Crippen molar-refractivity contribution in [2.45, 2.75) is 11.5 Å². The molecule has 2 rings (SSSR count). The smallest absolute Gasteiger partial charge is 0.335 e. The molecule has 110 valence electrons. The summed E-state index contributed by atoms with van der Waals surface area (Å²) in [5.41, 5.74) is 1.00. The highest BCUT2D eigenvalue weighted by Crippen LogP contribution is 2.18. The highest BCUT2D eigenvalue weighted by Gasteiger charge is 2.08. The summed E-state index contributed by atoms with van der Waals surface area (Å²) in [6.45, 7) is 0.229. The van der Waals surface area contributed by atoms with E-state index in [1.54, 1.807) is 24.3 Å². The Kier molecular flexibility index (Phi) is 4.28. The van der Waals surface area contributed by atoms with E-state index in [1.807, 2.05) is 0 Å². The maximum absolute atomic E-state index is 11.4. The van der Waals surface area contributed by atoms with E-state index in [-0.39, 0.29) is 17.1 Å². The fourth-order valence-electron chi connectivity index (χ4n) is 1.70. The quantitative estimate of drug-likeness (QED) is 0.917. The Morgan fingerprint density at radius 1 is 1.14 bits per heavy atom. The molecule has 0 aromatic heterocycles. The van der Waals surface area contributed by atoms with E-state index in [9.17, 15) is 13.2 Å². The van der Waals surface area contributed by atoms with E-state index in [4.69, 9.17) is 9.84 Å². The average molecular weight is 306 g/mol. The third kappa shape index (κ3) is 4.06. The van der Waals surface area contributed by atoms with Gasteiger partial charge in [-0.05, 0) is 35.9 Å². The van der Waals surface area contributed by atoms with E-state index >= 15 is 0 Å². The molecule has 0 aliphatic rings. The van der Waals surface area contributed by atoms with Crippen LogP contribution in [0.1, 0.15) is 15.9 Å². The van der Waals surface area contributed by atoms with E-state index in [1.165, 1.54) is 24.3 Å². The summed E-state index contributed by atoms with van der Waals surface area (Å²) in [6, 6.07) is 12.5. The SMILES string of the molecule is CS(=O)(=O)c1cccc(OCc2ccc(C(=O)O)cc2)c1. The van der Waals surface area contributed by atoms with Gasteiger partial charge in [0.15, 0.2) is 9.84 Å². The van der Waals surface area contributed by atoms with Gasteiger partial charge in [0.25, 0.3) is 0 Å². The van der Waals surface area contributed by atoms with Crippen molar-refractivity contribution in [2.75, 3.05) is 6.26 Å². The Morgan fingerprint density at radius 2 is 1.81 bits per heavy atom. The molecule has 0 radical (unpaired) electrons. The molecule has 0 bridgehead atoms. The Morgan fingerprint density at radius 3 is 2.38 bits per heavy atom. The standard InChI is InChI=1S/C15H14O5S/c1-21(18,19)14-4-2-3-13(9-14)20-10-11-5-7-12(8-6-11)15(16)17/h2-9H,10H2,1H3,(H,16,17). The van der Waals surface area contributed by atoms with Gasteiger partial charge in [0.05, 0.1) is 10.5 Å². The number of carboxylic acid groups (broad SMARTS) is 1. The number of sulfone groups is 1. The van der Waals surface area contributed by atoms with Crippen LogP contribution in [0, 0.1) is 0 Å². The molecular formula is C15H14O5S. The van der Waals surface area contributed by atoms with Crippen LogP contribution in [0.5, 0.6) is 5.75 Å². The zero-order valence-corrected chi connectivity index (χ0v) is 12.1. The fourth-order valence-corrected chi connectivity index (χ4v) is 2.36. The maximum atomic E-state index is 11.4. The second kappa shape index (κ2) is 5.97. The molecule has 0 saturated heterocycles. The minimum atomic E-state index is -3.27. The molecular weight excluding hydrogens is 292 g/mol. The van der Waals surface area contributed by atoms with Crippen molar-refractivity contribution < 1.29 is 23.1 Å². The minimum Gasteiger partial charge on any atom is -0.489 e. The Bertz CT molecular complexity index is 748. The first-order valence-electron chi connectivity index (χ1n) is 6.11. The Labute approximate surface area is 122 Å². The van der Waals surface area contributed by atoms with Gasteiger partial charge in [-0.3, -0.25) is 0 Å². The van der Waals surface area contributed by atoms with Crippen molar-refractivity contribution in [3.8, 4) is 5.75 Å². The predicted octanol–water partition coefficient (Wildman–Crippen LogP) is 2.37. The third-order valence-electron chi connectivity index (χ3n) is 2.84. The van der Waals surface area contributed by atoms with Crippen molar-refractivity contribution in [2.24, 2.45) is 0 Å². The van der Waals surface area contributed by atoms with Crippen molar-refractivity contribution in [1.29, 1.82) is 0 Å². The zero-order chi connectivity index (χ0) is 15.5. The molecule has 21 heavy (non-hydrogen) atoms. The number of hydrogen-bond acceptors (Lipinski definition) is 4. The molecule has 0 saturated carbocycles. The molecule has 0 aliphatic heterocycles. The Balaban J connectivity index is 2.08. The molecule has 0 unspecified atom stereocenters. The second-order valence-electron chi connectivity index (χ2n) is 4.54. The number of hydrogen-bond donors (Lipinski definition) is 1. The fraction of sp³-hybridized carbons (Fsp3) is 0.133. The van der Waals surface area contributed by atoms with Gasteiger partial charge in [-0.1, -0.05) is 18.2 Å². The molecule has 0 fully saturated rings. The number of ether oxygens (including phenoxy) is 1. The van der Waals surface area contributed by atoms with Crippen LogP contribution >= 0.6 is 0 Å². The van der Waals surface area contributed by atoms with Crippen molar-refractivity contribution in [3.05, 3.63) is 59.7 Å². The highest BCUT2D eigenvalue weighted by molar-refractivity contribution is 7.90. The lowest BCUT2D eigenvalue weighted by atomic mass is 10.1. The van der Waals surface area contributed by atoms with Gasteiger partial charge in [-0.2, -0.15) is 0 Å². The average Bonchev–Trinajstić information content (AvgIpc) is 2.45. The van der Waals surface area contributed by atoms with Crippen LogP contribution in [0.3, 0.4) is 0 Å². The summed E-state index contributed by atoms with van der Waals surface area (Å²) in [7, 11) is -3.27. The van der Waals surface area contributed by atoms with Gasteiger partial charge in [0.1, 0.15) is 12.4 Å². The molecule has 0 heterocycles. The number of carboxylic acids is 1. The molecule has 1 N–H and O–H groups in total. The number of aromatic carboxylic acids is 1. The van der Waals surface area contributed by atoms with Crippen LogP contribution in [-0.2, 0) is 16.4 Å². The topological polar surface area (TPSA) is 80.7 Å². The van der Waals surface area contributed by atoms with Crippen LogP contribution in [0.4, 0.5) is 0 Å². The van der Waals surface area contributed by atoms with Gasteiger partial charge in [0, 0.05) is 6.26 Å². The third-order valence-corrected chi connectivity index (χ3v) is 3.95. The first kappa shape index (κ1) is 15.1. The van der Waals surface area contributed by atoms with E-state index in [0.717, 1.165) is 11.8 Å². The normalized spacial score (nSPS) is 11.1. The molecule has 5 nitrogen and oxygen atoms in total. The second-order valence-corrected chi connectivity index (χ2v) is 6.55. The van der Waals surface area contributed by atoms with Gasteiger partial charge < -0.3 is 9.84 Å². The molecule has 0 aliphatic carbocycles. The summed E-state index contributed by atoms with van der Waals surface area (Å²) >= 11 is 0. The number of rotatable bonds is 5. The molecule has 0 amide bonds. The number of carbonyl (C=O) groups is 1. The van der Waals surface area contributed by atoms with Crippen LogP contribution in [0.25, 0.3) is 0 Å². The van der Waals surface area contributed by atoms with Crippen LogP contribution in [0.2, 0.25) is 0 Å². The summed E-state index contributed by atoms with van der Waals surface area (Å²) in [4.78, 5) is 10.9. The lowest BCUT2D eigenvalue weighted by Gasteiger charge is -2.08. The summed E-state index contributed by atoms with van der Waals surface area (Å²) in [6.07, 6.45) is 1.14. The van der Waals surface area contributed by atoms with E-state index in [0.29, 0.717) is 5.75 Å². The summed E-state index contributed by atoms with van der Waals surface area (Å²) in [5, 5.41) is 8.80. The number of benzene rings is 2. The molecule has 2 aromatic rings. The van der Waals surface area contributed by atoms with Gasteiger partial charge in [0.2, 0.25) is 0 Å². The minimum absolute atomic E-state index is 0.196. The maximum Gasteiger partial charge on any atom is 0.335 e. The van der Waals surface area contributed by atoms with Crippen LogP contribution in [-0.4, -0.2) is 25.7 Å². The summed E-state index contributed by atoms with van der Waals surface area (Å²) in [5.74, 6) is -0.538. The monoisotopic (exact) mass is 306 g/mol. The lowest BCUT2D eigenvalue weighted by Crippen LogP contribution is -2.00. The predicted molar refractivity (Wildman–Crippen MR) is 77.3 cm³/mol. The van der Waals surface area contributed by atoms with Gasteiger partial charge >= 0.3 is 5.97 Å². The molecule has 0 spiro atoms. The van der Waals surface area contributed by atoms with Crippen molar-refractivity contribution in [1.82, 2.24) is 0 Å². The molecule has 0 atom stereocenters. The van der Waals surface area contributed by atoms with Gasteiger partial charge in [-0.15, -0.1) is 0 Å². The largest absolute Gasteiger partial charge is 0.489 e. The first-order chi connectivity index (χ1) is 9.86. The van der Waals surface area contributed by atoms with Crippen LogP contribution < -0.4 is 4.74 Å².